The average Bonchev–Trinajstić information content (AvgIpc) is 3.11. The quantitative estimate of drug-likeness (QED) is 0.748. The fraction of sp³-hybridized carbons (Fsp3) is 0.238. The third-order valence-electron chi connectivity index (χ3n) is 4.91. The Hall–Kier alpha value is -3.08. The highest BCUT2D eigenvalue weighted by Gasteiger charge is 2.30. The number of phenolic OH excluding ortho intramolecular Hbond substituents is 1. The van der Waals surface area contributed by atoms with Crippen molar-refractivity contribution in [3.63, 3.8) is 0 Å². The summed E-state index contributed by atoms with van der Waals surface area (Å²) in [5, 5.41) is 11.5. The third kappa shape index (κ3) is 2.24. The van der Waals surface area contributed by atoms with Gasteiger partial charge < -0.3 is 24.1 Å². The number of hydrogen-bond acceptors (Lipinski definition) is 5. The zero-order chi connectivity index (χ0) is 18.4. The summed E-state index contributed by atoms with van der Waals surface area (Å²) in [6.07, 6.45) is 0. The Labute approximate surface area is 151 Å². The van der Waals surface area contributed by atoms with Crippen LogP contribution < -0.4 is 18.9 Å². The molecule has 134 valence electrons. The van der Waals surface area contributed by atoms with E-state index in [1.54, 1.807) is 26.4 Å². The summed E-state index contributed by atoms with van der Waals surface area (Å²) in [5.74, 6) is 2.61. The molecule has 4 rings (SSSR count). The van der Waals surface area contributed by atoms with Gasteiger partial charge in [-0.1, -0.05) is 12.1 Å². The number of rotatable bonds is 3. The molecule has 5 nitrogen and oxygen atoms in total. The van der Waals surface area contributed by atoms with E-state index in [0.717, 1.165) is 33.0 Å². The lowest BCUT2D eigenvalue weighted by atomic mass is 9.89. The van der Waals surface area contributed by atoms with E-state index >= 15 is 0 Å². The summed E-state index contributed by atoms with van der Waals surface area (Å²) in [7, 11) is 3.25. The fourth-order valence-corrected chi connectivity index (χ4v) is 3.57. The molecule has 0 amide bonds. The van der Waals surface area contributed by atoms with Gasteiger partial charge in [0.2, 0.25) is 18.3 Å². The van der Waals surface area contributed by atoms with Gasteiger partial charge in [0.15, 0.2) is 11.5 Å². The fourth-order valence-electron chi connectivity index (χ4n) is 3.57. The molecule has 26 heavy (non-hydrogen) atoms. The highest BCUT2D eigenvalue weighted by Crippen LogP contribution is 2.56. The number of aryl methyl sites for hydroxylation is 1. The second-order valence-corrected chi connectivity index (χ2v) is 6.29. The second kappa shape index (κ2) is 6.02. The predicted octanol–water partition coefficient (Wildman–Crippen LogP) is 4.58. The van der Waals surface area contributed by atoms with E-state index in [0.29, 0.717) is 23.0 Å². The summed E-state index contributed by atoms with van der Waals surface area (Å²) in [4.78, 5) is 0. The van der Waals surface area contributed by atoms with Crippen LogP contribution in [0.5, 0.6) is 28.7 Å². The first-order valence-corrected chi connectivity index (χ1v) is 8.33. The first kappa shape index (κ1) is 16.4. The van der Waals surface area contributed by atoms with Crippen LogP contribution in [-0.4, -0.2) is 26.1 Å². The Balaban J connectivity index is 2.21. The summed E-state index contributed by atoms with van der Waals surface area (Å²) >= 11 is 0. The molecule has 1 aliphatic rings. The van der Waals surface area contributed by atoms with Crippen molar-refractivity contribution in [1.82, 2.24) is 0 Å². The van der Waals surface area contributed by atoms with E-state index in [2.05, 4.69) is 19.9 Å². The number of methoxy groups -OCH3 is 2. The summed E-state index contributed by atoms with van der Waals surface area (Å²) in [5.41, 5.74) is 4.25. The van der Waals surface area contributed by atoms with Crippen molar-refractivity contribution >= 4 is 10.8 Å². The van der Waals surface area contributed by atoms with Crippen LogP contribution in [0.3, 0.4) is 0 Å². The van der Waals surface area contributed by atoms with Crippen molar-refractivity contribution < 1.29 is 24.1 Å². The molecule has 0 fully saturated rings. The van der Waals surface area contributed by atoms with Crippen LogP contribution >= 0.6 is 0 Å². The number of ether oxygens (including phenoxy) is 4. The van der Waals surface area contributed by atoms with Crippen molar-refractivity contribution in [2.45, 2.75) is 13.8 Å². The maximum absolute atomic E-state index is 9.67. The molecule has 0 aromatic heterocycles. The van der Waals surface area contributed by atoms with Crippen LogP contribution in [0.2, 0.25) is 0 Å². The molecule has 0 atom stereocenters. The molecule has 0 aliphatic carbocycles. The second-order valence-electron chi connectivity index (χ2n) is 6.29. The Morgan fingerprint density at radius 2 is 1.54 bits per heavy atom. The molecule has 0 bridgehead atoms. The van der Waals surface area contributed by atoms with E-state index in [9.17, 15) is 5.11 Å². The minimum absolute atomic E-state index is 0.130. The van der Waals surface area contributed by atoms with Crippen molar-refractivity contribution in [2.24, 2.45) is 0 Å². The Morgan fingerprint density at radius 1 is 0.923 bits per heavy atom. The van der Waals surface area contributed by atoms with Crippen molar-refractivity contribution in [1.29, 1.82) is 0 Å². The molecule has 5 heteroatoms. The number of benzene rings is 3. The highest BCUT2D eigenvalue weighted by molar-refractivity contribution is 6.09. The molecule has 3 aromatic carbocycles. The maximum Gasteiger partial charge on any atom is 0.231 e. The number of fused-ring (bicyclic) bond motifs is 2. The van der Waals surface area contributed by atoms with Crippen molar-refractivity contribution in [3.8, 4) is 39.9 Å². The normalized spacial score (nSPS) is 12.5. The molecule has 3 aromatic rings. The van der Waals surface area contributed by atoms with E-state index in [1.165, 1.54) is 0 Å². The molecular weight excluding hydrogens is 332 g/mol. The summed E-state index contributed by atoms with van der Waals surface area (Å²) < 4.78 is 22.7. The standard InChI is InChI=1S/C21H20O5/c1-11-9-15-17(16(12(11)2)13-5-7-14(22)8-6-13)19(24-4)21-20(18(15)23-3)25-10-26-21/h5-9,22H,10H2,1-4H3. The minimum atomic E-state index is 0.130. The van der Waals surface area contributed by atoms with Crippen LogP contribution in [0.25, 0.3) is 21.9 Å². The van der Waals surface area contributed by atoms with E-state index < -0.39 is 0 Å². The molecule has 1 aliphatic heterocycles. The molecular formula is C21H20O5. The topological polar surface area (TPSA) is 57.2 Å². The van der Waals surface area contributed by atoms with Crippen molar-refractivity contribution in [3.05, 3.63) is 41.5 Å². The van der Waals surface area contributed by atoms with Crippen molar-refractivity contribution in [2.75, 3.05) is 21.0 Å². The Bertz CT molecular complexity index is 1010. The zero-order valence-electron chi connectivity index (χ0n) is 15.2. The van der Waals surface area contributed by atoms with Gasteiger partial charge in [0, 0.05) is 10.8 Å². The number of phenols is 1. The van der Waals surface area contributed by atoms with Crippen LogP contribution in [-0.2, 0) is 0 Å². The Kier molecular flexibility index (Phi) is 3.80. The monoisotopic (exact) mass is 352 g/mol. The van der Waals surface area contributed by atoms with Gasteiger partial charge in [-0.25, -0.2) is 0 Å². The molecule has 0 unspecified atom stereocenters. The van der Waals surface area contributed by atoms with E-state index in [1.807, 2.05) is 12.1 Å². The third-order valence-corrected chi connectivity index (χ3v) is 4.91. The van der Waals surface area contributed by atoms with Gasteiger partial charge in [0.1, 0.15) is 5.75 Å². The van der Waals surface area contributed by atoms with E-state index in [4.69, 9.17) is 18.9 Å². The Morgan fingerprint density at radius 3 is 2.15 bits per heavy atom. The largest absolute Gasteiger partial charge is 0.508 e. The lowest BCUT2D eigenvalue weighted by Crippen LogP contribution is -1.97. The lowest BCUT2D eigenvalue weighted by Gasteiger charge is -2.20. The average molecular weight is 352 g/mol. The minimum Gasteiger partial charge on any atom is -0.508 e. The first-order chi connectivity index (χ1) is 12.6. The highest BCUT2D eigenvalue weighted by atomic mass is 16.7. The van der Waals surface area contributed by atoms with Crippen LogP contribution in [0.1, 0.15) is 11.1 Å². The molecule has 0 saturated heterocycles. The molecule has 1 N–H and O–H groups in total. The predicted molar refractivity (Wildman–Crippen MR) is 99.7 cm³/mol. The summed E-state index contributed by atoms with van der Waals surface area (Å²) in [6.45, 7) is 4.27. The molecule has 1 heterocycles. The van der Waals surface area contributed by atoms with Gasteiger partial charge in [0.25, 0.3) is 0 Å². The van der Waals surface area contributed by atoms with Crippen LogP contribution in [0.4, 0.5) is 0 Å². The van der Waals surface area contributed by atoms with Crippen LogP contribution in [0, 0.1) is 13.8 Å². The van der Waals surface area contributed by atoms with Gasteiger partial charge >= 0.3 is 0 Å². The molecule has 0 spiro atoms. The van der Waals surface area contributed by atoms with Gasteiger partial charge in [-0.2, -0.15) is 0 Å². The SMILES string of the molecule is COc1c2c(c(OC)c3c(-c4ccc(O)cc4)c(C)c(C)cc13)OCO2. The van der Waals surface area contributed by atoms with E-state index in [-0.39, 0.29) is 12.5 Å². The van der Waals surface area contributed by atoms with Crippen LogP contribution in [0.15, 0.2) is 30.3 Å². The number of hydrogen-bond donors (Lipinski definition) is 1. The first-order valence-electron chi connectivity index (χ1n) is 8.33. The maximum atomic E-state index is 9.67. The molecule has 0 radical (unpaired) electrons. The summed E-state index contributed by atoms with van der Waals surface area (Å²) in [6, 6.07) is 9.23. The zero-order valence-corrected chi connectivity index (χ0v) is 15.2. The van der Waals surface area contributed by atoms with Gasteiger partial charge in [-0.05, 0) is 54.3 Å². The smallest absolute Gasteiger partial charge is 0.231 e. The lowest BCUT2D eigenvalue weighted by molar-refractivity contribution is 0.169. The number of aromatic hydroxyl groups is 1. The van der Waals surface area contributed by atoms with Gasteiger partial charge in [-0.15, -0.1) is 0 Å². The van der Waals surface area contributed by atoms with Gasteiger partial charge in [0.05, 0.1) is 14.2 Å². The molecule has 0 saturated carbocycles. The van der Waals surface area contributed by atoms with Gasteiger partial charge in [-0.3, -0.25) is 0 Å².